The third-order valence-corrected chi connectivity index (χ3v) is 17.7. The fraction of sp³-hybridized carbons (Fsp3) is 0.705. The Kier molecular flexibility index (Phi) is 6.71. The number of hydrogen-bond acceptors (Lipinski definition) is 5. The molecule has 12 aliphatic rings. The van der Waals surface area contributed by atoms with Gasteiger partial charge in [0.2, 0.25) is 5.44 Å². The maximum atomic E-state index is 15.2. The first-order valence-corrected chi connectivity index (χ1v) is 21.9. The first-order valence-electron chi connectivity index (χ1n) is 20.4. The molecule has 2 aromatic rings. The van der Waals surface area contributed by atoms with Crippen LogP contribution in [0.4, 0.5) is 0 Å². The summed E-state index contributed by atoms with van der Waals surface area (Å²) in [6.07, 6.45) is 22.8. The van der Waals surface area contributed by atoms with Gasteiger partial charge in [0.25, 0.3) is 0 Å². The average molecular weight is 694 g/mol. The first-order chi connectivity index (χ1) is 24.0. The van der Waals surface area contributed by atoms with Crippen LogP contribution >= 0.6 is 0 Å². The molecule has 0 heterocycles. The lowest BCUT2D eigenvalue weighted by atomic mass is 9.44. The Labute approximate surface area is 298 Å². The Hall–Kier alpha value is -2.18. The lowest BCUT2D eigenvalue weighted by Crippen LogP contribution is -2.52. The number of carbonyl (C=O) groups excluding carboxylic acids is 1. The van der Waals surface area contributed by atoms with Crippen LogP contribution in [0.5, 0.6) is 0 Å². The minimum atomic E-state index is -4.97. The smallest absolute Gasteiger partial charge is 0.340 e. The summed E-state index contributed by atoms with van der Waals surface area (Å²) in [5, 5.41) is 0. The van der Waals surface area contributed by atoms with Crippen LogP contribution in [0.25, 0.3) is 0 Å². The van der Waals surface area contributed by atoms with Gasteiger partial charge in [-0.15, -0.1) is 0 Å². The molecule has 12 bridgehead atoms. The number of carbonyl (C=O) groups is 1. The molecule has 0 spiro atoms. The monoisotopic (exact) mass is 693 g/mol. The van der Waals surface area contributed by atoms with Crippen molar-refractivity contribution in [3.8, 4) is 0 Å². The Morgan fingerprint density at radius 2 is 0.920 bits per heavy atom. The van der Waals surface area contributed by atoms with Crippen molar-refractivity contribution in [3.05, 3.63) is 70.3 Å². The molecule has 1 unspecified atom stereocenters. The van der Waals surface area contributed by atoms with Gasteiger partial charge in [-0.3, -0.25) is 0 Å². The van der Waals surface area contributed by atoms with E-state index in [0.29, 0.717) is 41.1 Å². The molecule has 266 valence electrons. The second-order valence-electron chi connectivity index (χ2n) is 20.2. The highest BCUT2D eigenvalue weighted by atomic mass is 32.2. The molecular formula is C44H53O5S-. The van der Waals surface area contributed by atoms with Crippen LogP contribution in [0.2, 0.25) is 0 Å². The van der Waals surface area contributed by atoms with Crippen LogP contribution in [0.3, 0.4) is 0 Å². The molecule has 0 aliphatic heterocycles. The highest BCUT2D eigenvalue weighted by Crippen LogP contribution is 2.67. The Bertz CT molecular complexity index is 1670. The van der Waals surface area contributed by atoms with Gasteiger partial charge in [-0.25, -0.2) is 13.2 Å². The van der Waals surface area contributed by atoms with Gasteiger partial charge in [-0.2, -0.15) is 0 Å². The second kappa shape index (κ2) is 10.7. The van der Waals surface area contributed by atoms with Crippen LogP contribution in [-0.2, 0) is 31.1 Å². The van der Waals surface area contributed by atoms with Gasteiger partial charge in [-0.05, 0) is 202 Å². The lowest BCUT2D eigenvalue weighted by Gasteiger charge is -2.60. The van der Waals surface area contributed by atoms with Crippen molar-refractivity contribution in [2.24, 2.45) is 53.3 Å². The molecule has 0 N–H and O–H groups in total. The molecule has 14 rings (SSSR count). The highest BCUT2D eigenvalue weighted by Gasteiger charge is 2.58. The molecule has 6 heteroatoms. The summed E-state index contributed by atoms with van der Waals surface area (Å²) in [5.74, 6) is 6.14. The summed E-state index contributed by atoms with van der Waals surface area (Å²) in [6, 6.07) is 13.5. The van der Waals surface area contributed by atoms with Crippen LogP contribution in [0, 0.1) is 53.3 Å². The Balaban J connectivity index is 1.14. The molecule has 0 saturated heterocycles. The molecule has 2 aromatic carbocycles. The predicted octanol–water partition coefficient (Wildman–Crippen LogP) is 9.49. The van der Waals surface area contributed by atoms with E-state index >= 15 is 4.79 Å². The van der Waals surface area contributed by atoms with Crippen molar-refractivity contribution in [2.75, 3.05) is 0 Å². The molecule has 0 amide bonds. The third-order valence-electron chi connectivity index (χ3n) is 16.8. The molecule has 0 radical (unpaired) electrons. The van der Waals surface area contributed by atoms with Gasteiger partial charge in [-0.1, -0.05) is 42.5 Å². The van der Waals surface area contributed by atoms with Crippen molar-refractivity contribution in [1.29, 1.82) is 0 Å². The van der Waals surface area contributed by atoms with E-state index in [1.807, 2.05) is 0 Å². The minimum Gasteiger partial charge on any atom is -0.745 e. The molecule has 5 nitrogen and oxygen atoms in total. The Morgan fingerprint density at radius 1 is 0.580 bits per heavy atom. The quantitative estimate of drug-likeness (QED) is 0.213. The van der Waals surface area contributed by atoms with Crippen molar-refractivity contribution in [2.45, 2.75) is 137 Å². The van der Waals surface area contributed by atoms with Gasteiger partial charge in [0.05, 0.1) is 5.56 Å². The van der Waals surface area contributed by atoms with Gasteiger partial charge >= 0.3 is 5.97 Å². The summed E-state index contributed by atoms with van der Waals surface area (Å²) in [4.78, 5) is 15.2. The first kappa shape index (κ1) is 31.4. The number of rotatable bonds is 7. The van der Waals surface area contributed by atoms with Crippen LogP contribution in [0.1, 0.15) is 154 Å². The van der Waals surface area contributed by atoms with E-state index in [0.717, 1.165) is 56.3 Å². The van der Waals surface area contributed by atoms with E-state index in [1.165, 1.54) is 93.7 Å². The molecule has 1 atom stereocenters. The molecule has 12 saturated carbocycles. The fourth-order valence-corrected chi connectivity index (χ4v) is 17.1. The highest BCUT2D eigenvalue weighted by molar-refractivity contribution is 7.85. The van der Waals surface area contributed by atoms with E-state index in [4.69, 9.17) is 4.74 Å². The van der Waals surface area contributed by atoms with E-state index in [1.54, 1.807) is 30.3 Å². The van der Waals surface area contributed by atoms with E-state index in [-0.39, 0.29) is 21.8 Å². The lowest BCUT2D eigenvalue weighted by molar-refractivity contribution is -0.0131. The van der Waals surface area contributed by atoms with Crippen LogP contribution in [-0.4, -0.2) is 18.9 Å². The van der Waals surface area contributed by atoms with Crippen molar-refractivity contribution in [1.82, 2.24) is 0 Å². The standard InChI is InChI=1S/C44H54O5S/c45-40(49-41(50(46,47)48)35-4-2-1-3-5-35)39-37(43-20-29-9-30(21-43)11-31(10-29)22-43)15-36(42-17-26-6-27(18-42)8-28(7-26)19-42)16-38(39)44-23-32-12-33(24-44)14-34(13-32)25-44/h1-5,15-16,26-34,41H,6-14,17-25H2,(H,46,47,48)/p-1. The zero-order valence-electron chi connectivity index (χ0n) is 29.5. The van der Waals surface area contributed by atoms with Crippen molar-refractivity contribution < 1.29 is 22.5 Å². The summed E-state index contributed by atoms with van der Waals surface area (Å²) in [5.41, 5.74) is 3.03. The minimum absolute atomic E-state index is 0.0724. The number of hydrogen-bond donors (Lipinski definition) is 0. The molecule has 12 aliphatic carbocycles. The number of benzene rings is 2. The Morgan fingerprint density at radius 3 is 1.26 bits per heavy atom. The van der Waals surface area contributed by atoms with E-state index < -0.39 is 21.5 Å². The van der Waals surface area contributed by atoms with Crippen molar-refractivity contribution >= 4 is 16.1 Å². The average Bonchev–Trinajstić information content (AvgIpc) is 3.04. The molecule has 50 heavy (non-hydrogen) atoms. The topological polar surface area (TPSA) is 83.5 Å². The largest absolute Gasteiger partial charge is 0.745 e. The van der Waals surface area contributed by atoms with Crippen molar-refractivity contribution in [3.63, 3.8) is 0 Å². The zero-order valence-corrected chi connectivity index (χ0v) is 30.3. The third kappa shape index (κ3) is 4.78. The summed E-state index contributed by atoms with van der Waals surface area (Å²) < 4.78 is 44.8. The predicted molar refractivity (Wildman–Crippen MR) is 190 cm³/mol. The van der Waals surface area contributed by atoms with E-state index in [2.05, 4.69) is 12.1 Å². The summed E-state index contributed by atoms with van der Waals surface area (Å²) in [6.45, 7) is 0. The van der Waals surface area contributed by atoms with Crippen LogP contribution < -0.4 is 0 Å². The maximum absolute atomic E-state index is 15.2. The molecule has 0 aromatic heterocycles. The number of esters is 1. The van der Waals surface area contributed by atoms with Gasteiger partial charge < -0.3 is 9.29 Å². The number of ether oxygens (including phenoxy) is 1. The molecule has 12 fully saturated rings. The zero-order chi connectivity index (χ0) is 33.6. The van der Waals surface area contributed by atoms with Gasteiger partial charge in [0, 0.05) is 5.56 Å². The molecular weight excluding hydrogens is 641 g/mol. The SMILES string of the molecule is O=C(OC(c1ccccc1)S(=O)(=O)[O-])c1c(C23CC4CC(CC(C4)C2)C3)cc(C23CC4CC(CC(C4)C2)C3)cc1C12CC3CC(CC(C3)C1)C2. The maximum Gasteiger partial charge on any atom is 0.340 e. The van der Waals surface area contributed by atoms with Crippen LogP contribution in [0.15, 0.2) is 42.5 Å². The second-order valence-corrected chi connectivity index (χ2v) is 21.6. The van der Waals surface area contributed by atoms with E-state index in [9.17, 15) is 13.0 Å². The van der Waals surface area contributed by atoms with Gasteiger partial charge in [0.1, 0.15) is 10.1 Å². The fourth-order valence-electron chi connectivity index (χ4n) is 16.4. The van der Waals surface area contributed by atoms with Gasteiger partial charge in [0.15, 0.2) is 0 Å². The normalized spacial score (nSPS) is 45.3. The summed E-state index contributed by atoms with van der Waals surface area (Å²) >= 11 is 0. The summed E-state index contributed by atoms with van der Waals surface area (Å²) in [7, 11) is -4.97.